The molecule has 0 fully saturated rings. The third-order valence-electron chi connectivity index (χ3n) is 4.69. The number of ether oxygens (including phenoxy) is 1. The maximum absolute atomic E-state index is 10.7. The quantitative estimate of drug-likeness (QED) is 0.104. The summed E-state index contributed by atoms with van der Waals surface area (Å²) in [5, 5.41) is 19.0. The fourth-order valence-corrected chi connectivity index (χ4v) is 3.17. The van der Waals surface area contributed by atoms with Crippen LogP contribution in [-0.2, 0) is 4.74 Å². The van der Waals surface area contributed by atoms with E-state index in [0.29, 0.717) is 17.1 Å². The molecule has 1 unspecified atom stereocenters. The molecule has 2 aromatic rings. The Hall–Kier alpha value is -2.32. The number of azo groups is 1. The molecular formula is C22H29BrN4O3. The molecule has 2 rings (SSSR count). The smallest absolute Gasteiger partial charge is 0.269 e. The van der Waals surface area contributed by atoms with Crippen LogP contribution in [-0.4, -0.2) is 36.1 Å². The van der Waals surface area contributed by atoms with Gasteiger partial charge < -0.3 is 9.64 Å². The van der Waals surface area contributed by atoms with Gasteiger partial charge >= 0.3 is 0 Å². The van der Waals surface area contributed by atoms with Gasteiger partial charge in [-0.3, -0.25) is 10.1 Å². The average Bonchev–Trinajstić information content (AvgIpc) is 2.77. The zero-order valence-electron chi connectivity index (χ0n) is 17.5. The molecule has 0 radical (unpaired) electrons. The van der Waals surface area contributed by atoms with Crippen molar-refractivity contribution in [3.63, 3.8) is 0 Å². The molecule has 0 spiro atoms. The van der Waals surface area contributed by atoms with Gasteiger partial charge in [0.1, 0.15) is 0 Å². The van der Waals surface area contributed by atoms with E-state index in [0.717, 1.165) is 50.3 Å². The van der Waals surface area contributed by atoms with Crippen molar-refractivity contribution < 1.29 is 9.66 Å². The molecule has 0 aliphatic carbocycles. The van der Waals surface area contributed by atoms with Gasteiger partial charge in [-0.2, -0.15) is 10.2 Å². The first-order valence-corrected chi connectivity index (χ1v) is 11.2. The number of hydrogen-bond acceptors (Lipinski definition) is 6. The van der Waals surface area contributed by atoms with Crippen molar-refractivity contribution >= 4 is 38.7 Å². The third kappa shape index (κ3) is 8.20. The van der Waals surface area contributed by atoms with Gasteiger partial charge in [-0.15, -0.1) is 0 Å². The first-order chi connectivity index (χ1) is 14.5. The number of nitrogens with zero attached hydrogens (tertiary/aromatic N) is 4. The Labute approximate surface area is 186 Å². The Morgan fingerprint density at radius 3 is 2.17 bits per heavy atom. The van der Waals surface area contributed by atoms with Gasteiger partial charge in [0.2, 0.25) is 0 Å². The molecule has 0 heterocycles. The molecular weight excluding hydrogens is 448 g/mol. The van der Waals surface area contributed by atoms with E-state index in [1.165, 1.54) is 12.1 Å². The number of halogens is 1. The van der Waals surface area contributed by atoms with Crippen LogP contribution >= 0.6 is 15.9 Å². The van der Waals surface area contributed by atoms with Crippen LogP contribution < -0.4 is 4.90 Å². The van der Waals surface area contributed by atoms with E-state index >= 15 is 0 Å². The molecule has 0 N–H and O–H groups in total. The van der Waals surface area contributed by atoms with Gasteiger partial charge in [0, 0.05) is 42.3 Å². The number of benzene rings is 2. The minimum Gasteiger partial charge on any atom is -0.380 e. The number of non-ortho nitro benzene ring substituents is 1. The highest BCUT2D eigenvalue weighted by Gasteiger charge is 2.06. The lowest BCUT2D eigenvalue weighted by Crippen LogP contribution is -2.27. The summed E-state index contributed by atoms with van der Waals surface area (Å²) in [5.74, 6) is 0. The van der Waals surface area contributed by atoms with Crippen LogP contribution in [0.3, 0.4) is 0 Å². The molecule has 0 bridgehead atoms. The van der Waals surface area contributed by atoms with Gasteiger partial charge in [-0.25, -0.2) is 0 Å². The predicted octanol–water partition coefficient (Wildman–Crippen LogP) is 6.81. The van der Waals surface area contributed by atoms with Crippen molar-refractivity contribution in [1.29, 1.82) is 0 Å². The van der Waals surface area contributed by atoms with Crippen LogP contribution in [0.1, 0.15) is 33.1 Å². The molecule has 1 atom stereocenters. The van der Waals surface area contributed by atoms with Crippen LogP contribution in [0.2, 0.25) is 0 Å². The summed E-state index contributed by atoms with van der Waals surface area (Å²) >= 11 is 3.65. The Morgan fingerprint density at radius 2 is 1.63 bits per heavy atom. The number of likely N-dealkylation sites (N-methyl/N-ethyl adjacent to an activating group) is 1. The Bertz CT molecular complexity index is 797. The summed E-state index contributed by atoms with van der Waals surface area (Å²) in [4.78, 5) is 13.1. The van der Waals surface area contributed by atoms with Gasteiger partial charge in [0.05, 0.1) is 22.9 Å². The zero-order valence-corrected chi connectivity index (χ0v) is 19.1. The summed E-state index contributed by atoms with van der Waals surface area (Å²) in [7, 11) is 0. The summed E-state index contributed by atoms with van der Waals surface area (Å²) in [6.07, 6.45) is 3.36. The lowest BCUT2D eigenvalue weighted by molar-refractivity contribution is -0.384. The van der Waals surface area contributed by atoms with E-state index < -0.39 is 4.92 Å². The minimum atomic E-state index is -0.435. The third-order valence-corrected chi connectivity index (χ3v) is 5.80. The summed E-state index contributed by atoms with van der Waals surface area (Å²) in [6, 6.07) is 13.9. The number of alkyl halides is 1. The largest absolute Gasteiger partial charge is 0.380 e. The van der Waals surface area contributed by atoms with E-state index in [1.807, 2.05) is 24.3 Å². The first kappa shape index (κ1) is 24.0. The second kappa shape index (κ2) is 13.1. The SMILES string of the molecule is CCC(Br)CCCOCCN(CC)c1ccc(N=Nc2ccc([N+](=O)[O-])cc2)cc1. The van der Waals surface area contributed by atoms with Crippen LogP contribution in [0.25, 0.3) is 0 Å². The molecule has 7 nitrogen and oxygen atoms in total. The van der Waals surface area contributed by atoms with E-state index in [9.17, 15) is 10.1 Å². The molecule has 8 heteroatoms. The van der Waals surface area contributed by atoms with Crippen LogP contribution in [0.4, 0.5) is 22.7 Å². The van der Waals surface area contributed by atoms with Crippen molar-refractivity contribution in [2.45, 2.75) is 37.9 Å². The molecule has 0 aliphatic rings. The standard InChI is InChI=1S/C22H29BrN4O3/c1-3-18(23)6-5-16-30-17-15-26(4-2)21-11-7-19(8-12-21)24-25-20-9-13-22(14-10-20)27(28)29/h7-14,18H,3-6,15-17H2,1-2H3. The second-order valence-corrected chi connectivity index (χ2v) is 8.12. The molecule has 2 aromatic carbocycles. The van der Waals surface area contributed by atoms with E-state index in [-0.39, 0.29) is 5.69 Å². The summed E-state index contributed by atoms with van der Waals surface area (Å²) in [5.41, 5.74) is 2.45. The van der Waals surface area contributed by atoms with Crippen LogP contribution in [0.15, 0.2) is 58.8 Å². The predicted molar refractivity (Wildman–Crippen MR) is 125 cm³/mol. The highest BCUT2D eigenvalue weighted by Crippen LogP contribution is 2.23. The number of nitro benzene ring substituents is 1. The monoisotopic (exact) mass is 476 g/mol. The first-order valence-electron chi connectivity index (χ1n) is 10.3. The Morgan fingerprint density at radius 1 is 1.03 bits per heavy atom. The zero-order chi connectivity index (χ0) is 21.8. The fourth-order valence-electron chi connectivity index (χ4n) is 2.84. The van der Waals surface area contributed by atoms with E-state index in [2.05, 4.69) is 44.9 Å². The van der Waals surface area contributed by atoms with E-state index in [4.69, 9.17) is 4.74 Å². The lowest BCUT2D eigenvalue weighted by Gasteiger charge is -2.23. The maximum atomic E-state index is 10.7. The molecule has 0 amide bonds. The summed E-state index contributed by atoms with van der Waals surface area (Å²) in [6.45, 7) is 7.54. The lowest BCUT2D eigenvalue weighted by atomic mass is 10.2. The maximum Gasteiger partial charge on any atom is 0.269 e. The van der Waals surface area contributed by atoms with Crippen molar-refractivity contribution in [1.82, 2.24) is 0 Å². The van der Waals surface area contributed by atoms with Crippen molar-refractivity contribution in [3.05, 3.63) is 58.6 Å². The molecule has 30 heavy (non-hydrogen) atoms. The molecule has 0 saturated heterocycles. The van der Waals surface area contributed by atoms with Gasteiger partial charge in [0.15, 0.2) is 0 Å². The van der Waals surface area contributed by atoms with Crippen molar-refractivity contribution in [2.24, 2.45) is 10.2 Å². The van der Waals surface area contributed by atoms with Crippen molar-refractivity contribution in [3.8, 4) is 0 Å². The topological polar surface area (TPSA) is 80.3 Å². The number of rotatable bonds is 13. The second-order valence-electron chi connectivity index (χ2n) is 6.83. The normalized spacial score (nSPS) is 12.2. The minimum absolute atomic E-state index is 0.0372. The molecule has 0 aliphatic heterocycles. The van der Waals surface area contributed by atoms with Gasteiger partial charge in [-0.1, -0.05) is 22.9 Å². The van der Waals surface area contributed by atoms with Crippen LogP contribution in [0.5, 0.6) is 0 Å². The Kier molecular flexibility index (Phi) is 10.4. The number of hydrogen-bond donors (Lipinski definition) is 0. The number of anilines is 1. The van der Waals surface area contributed by atoms with Crippen LogP contribution in [0, 0.1) is 10.1 Å². The highest BCUT2D eigenvalue weighted by atomic mass is 79.9. The molecule has 0 aromatic heterocycles. The average molecular weight is 477 g/mol. The van der Waals surface area contributed by atoms with E-state index in [1.54, 1.807) is 12.1 Å². The Balaban J connectivity index is 1.81. The molecule has 162 valence electrons. The summed E-state index contributed by atoms with van der Waals surface area (Å²) < 4.78 is 5.78. The highest BCUT2D eigenvalue weighted by molar-refractivity contribution is 9.09. The van der Waals surface area contributed by atoms with Gasteiger partial charge in [-0.05, 0) is 62.6 Å². The number of nitro groups is 1. The van der Waals surface area contributed by atoms with Gasteiger partial charge in [0.25, 0.3) is 5.69 Å². The van der Waals surface area contributed by atoms with Crippen molar-refractivity contribution in [2.75, 3.05) is 31.2 Å². The molecule has 0 saturated carbocycles. The fraction of sp³-hybridized carbons (Fsp3) is 0.455.